The van der Waals surface area contributed by atoms with Gasteiger partial charge in [0.2, 0.25) is 0 Å². The van der Waals surface area contributed by atoms with Gasteiger partial charge < -0.3 is 15.2 Å². The van der Waals surface area contributed by atoms with E-state index >= 15 is 0 Å². The number of esters is 1. The molecule has 0 amide bonds. The van der Waals surface area contributed by atoms with Gasteiger partial charge in [0, 0.05) is 19.7 Å². The van der Waals surface area contributed by atoms with E-state index < -0.39 is 0 Å². The molecule has 2 N–H and O–H groups in total. The molecule has 0 saturated heterocycles. The van der Waals surface area contributed by atoms with E-state index in [1.807, 2.05) is 25.7 Å². The molecule has 0 bridgehead atoms. The van der Waals surface area contributed by atoms with Crippen LogP contribution in [0.1, 0.15) is 27.2 Å². The van der Waals surface area contributed by atoms with E-state index in [0.717, 1.165) is 19.5 Å². The third-order valence-corrected chi connectivity index (χ3v) is 2.54. The predicted molar refractivity (Wildman–Crippen MR) is 67.8 cm³/mol. The lowest BCUT2D eigenvalue weighted by Crippen LogP contribution is -2.35. The van der Waals surface area contributed by atoms with Gasteiger partial charge in [-0.1, -0.05) is 6.92 Å². The Morgan fingerprint density at radius 1 is 1.29 bits per heavy atom. The summed E-state index contributed by atoms with van der Waals surface area (Å²) in [6.45, 7) is 9.38. The van der Waals surface area contributed by atoms with Crippen molar-refractivity contribution in [3.05, 3.63) is 0 Å². The average molecular weight is 246 g/mol. The average Bonchev–Trinajstić information content (AvgIpc) is 2.32. The van der Waals surface area contributed by atoms with E-state index in [2.05, 4.69) is 0 Å². The highest BCUT2D eigenvalue weighted by molar-refractivity contribution is 5.71. The van der Waals surface area contributed by atoms with Crippen LogP contribution >= 0.6 is 0 Å². The lowest BCUT2D eigenvalue weighted by atomic mass is 10.2. The SMILES string of the molecule is CCOC(=O)CN(CC)CCC(CN)OCC. The van der Waals surface area contributed by atoms with Crippen LogP contribution in [-0.4, -0.2) is 56.4 Å². The smallest absolute Gasteiger partial charge is 0.320 e. The molecule has 5 heteroatoms. The number of hydrogen-bond acceptors (Lipinski definition) is 5. The Bertz CT molecular complexity index is 200. The van der Waals surface area contributed by atoms with Gasteiger partial charge in [-0.25, -0.2) is 0 Å². The Labute approximate surface area is 104 Å². The zero-order chi connectivity index (χ0) is 13.1. The van der Waals surface area contributed by atoms with Gasteiger partial charge in [0.15, 0.2) is 0 Å². The first kappa shape index (κ1) is 16.4. The predicted octanol–water partition coefficient (Wildman–Crippen LogP) is 0.625. The van der Waals surface area contributed by atoms with E-state index in [1.165, 1.54) is 0 Å². The molecule has 1 atom stereocenters. The van der Waals surface area contributed by atoms with Crippen molar-refractivity contribution in [3.8, 4) is 0 Å². The summed E-state index contributed by atoms with van der Waals surface area (Å²) in [5.41, 5.74) is 5.60. The maximum Gasteiger partial charge on any atom is 0.320 e. The van der Waals surface area contributed by atoms with Crippen molar-refractivity contribution in [2.75, 3.05) is 39.4 Å². The Kier molecular flexibility index (Phi) is 10.1. The van der Waals surface area contributed by atoms with Crippen LogP contribution in [0.25, 0.3) is 0 Å². The van der Waals surface area contributed by atoms with E-state index in [4.69, 9.17) is 15.2 Å². The minimum atomic E-state index is -0.171. The normalized spacial score (nSPS) is 12.8. The number of rotatable bonds is 10. The summed E-state index contributed by atoms with van der Waals surface area (Å²) in [6.07, 6.45) is 0.925. The standard InChI is InChI=1S/C12H26N2O3/c1-4-14(10-12(15)17-6-3)8-7-11(9-13)16-5-2/h11H,4-10,13H2,1-3H3. The Balaban J connectivity index is 3.91. The Hall–Kier alpha value is -0.650. The van der Waals surface area contributed by atoms with Crippen molar-refractivity contribution in [2.45, 2.75) is 33.3 Å². The van der Waals surface area contributed by atoms with Crippen molar-refractivity contribution in [1.29, 1.82) is 0 Å². The highest BCUT2D eigenvalue weighted by Gasteiger charge is 2.12. The number of ether oxygens (including phenoxy) is 2. The van der Waals surface area contributed by atoms with Crippen LogP contribution in [0.15, 0.2) is 0 Å². The molecule has 0 aliphatic carbocycles. The molecule has 0 saturated carbocycles. The van der Waals surface area contributed by atoms with Gasteiger partial charge in [-0.05, 0) is 26.8 Å². The van der Waals surface area contributed by atoms with Gasteiger partial charge >= 0.3 is 5.97 Å². The van der Waals surface area contributed by atoms with Crippen molar-refractivity contribution < 1.29 is 14.3 Å². The van der Waals surface area contributed by atoms with Crippen molar-refractivity contribution in [1.82, 2.24) is 4.90 Å². The Morgan fingerprint density at radius 2 is 2.00 bits per heavy atom. The molecular formula is C12H26N2O3. The van der Waals surface area contributed by atoms with E-state index in [1.54, 1.807) is 0 Å². The van der Waals surface area contributed by atoms with Crippen LogP contribution in [0.4, 0.5) is 0 Å². The lowest BCUT2D eigenvalue weighted by Gasteiger charge is -2.22. The summed E-state index contributed by atoms with van der Waals surface area (Å²) in [5.74, 6) is -0.171. The summed E-state index contributed by atoms with van der Waals surface area (Å²) in [6, 6.07) is 0. The fourth-order valence-electron chi connectivity index (χ4n) is 1.57. The van der Waals surface area contributed by atoms with Gasteiger partial charge in [-0.2, -0.15) is 0 Å². The van der Waals surface area contributed by atoms with Gasteiger partial charge in [0.1, 0.15) is 0 Å². The van der Waals surface area contributed by atoms with Crippen LogP contribution < -0.4 is 5.73 Å². The molecule has 0 aliphatic heterocycles. The van der Waals surface area contributed by atoms with Crippen LogP contribution in [0.3, 0.4) is 0 Å². The molecule has 1 unspecified atom stereocenters. The second-order valence-corrected chi connectivity index (χ2v) is 3.78. The number of hydrogen-bond donors (Lipinski definition) is 1. The molecule has 102 valence electrons. The molecular weight excluding hydrogens is 220 g/mol. The maximum absolute atomic E-state index is 11.3. The first-order valence-corrected chi connectivity index (χ1v) is 6.37. The number of likely N-dealkylation sites (N-methyl/N-ethyl adjacent to an activating group) is 1. The van der Waals surface area contributed by atoms with Crippen LogP contribution in [0.2, 0.25) is 0 Å². The molecule has 0 aromatic heterocycles. The van der Waals surface area contributed by atoms with Gasteiger partial charge in [-0.3, -0.25) is 9.69 Å². The van der Waals surface area contributed by atoms with Gasteiger partial charge in [0.05, 0.1) is 19.3 Å². The fourth-order valence-corrected chi connectivity index (χ4v) is 1.57. The van der Waals surface area contributed by atoms with Gasteiger partial charge in [-0.15, -0.1) is 0 Å². The zero-order valence-electron chi connectivity index (χ0n) is 11.3. The largest absolute Gasteiger partial charge is 0.465 e. The first-order chi connectivity index (χ1) is 8.17. The quantitative estimate of drug-likeness (QED) is 0.573. The topological polar surface area (TPSA) is 64.8 Å². The van der Waals surface area contributed by atoms with Crippen LogP contribution in [0, 0.1) is 0 Å². The van der Waals surface area contributed by atoms with Crippen LogP contribution in [-0.2, 0) is 14.3 Å². The summed E-state index contributed by atoms with van der Waals surface area (Å²) < 4.78 is 10.4. The zero-order valence-corrected chi connectivity index (χ0v) is 11.3. The highest BCUT2D eigenvalue weighted by atomic mass is 16.5. The molecule has 0 fully saturated rings. The van der Waals surface area contributed by atoms with Crippen molar-refractivity contribution in [3.63, 3.8) is 0 Å². The van der Waals surface area contributed by atoms with Crippen LogP contribution in [0.5, 0.6) is 0 Å². The molecule has 0 heterocycles. The monoisotopic (exact) mass is 246 g/mol. The number of carbonyl (C=O) groups is 1. The second kappa shape index (κ2) is 10.5. The van der Waals surface area contributed by atoms with E-state index in [9.17, 15) is 4.79 Å². The molecule has 0 rings (SSSR count). The molecule has 0 aromatic carbocycles. The Morgan fingerprint density at radius 3 is 2.47 bits per heavy atom. The minimum Gasteiger partial charge on any atom is -0.465 e. The fraction of sp³-hybridized carbons (Fsp3) is 0.917. The van der Waals surface area contributed by atoms with Crippen molar-refractivity contribution >= 4 is 5.97 Å². The molecule has 5 nitrogen and oxygen atoms in total. The summed E-state index contributed by atoms with van der Waals surface area (Å²) in [4.78, 5) is 13.4. The summed E-state index contributed by atoms with van der Waals surface area (Å²) >= 11 is 0. The maximum atomic E-state index is 11.3. The minimum absolute atomic E-state index is 0.0799. The third kappa shape index (κ3) is 8.12. The van der Waals surface area contributed by atoms with E-state index in [-0.39, 0.29) is 12.1 Å². The molecule has 0 aliphatic rings. The molecule has 0 spiro atoms. The third-order valence-electron chi connectivity index (χ3n) is 2.54. The first-order valence-electron chi connectivity index (χ1n) is 6.37. The highest BCUT2D eigenvalue weighted by Crippen LogP contribution is 2.00. The number of nitrogens with two attached hydrogens (primary N) is 1. The van der Waals surface area contributed by atoms with E-state index in [0.29, 0.717) is 26.3 Å². The second-order valence-electron chi connectivity index (χ2n) is 3.78. The molecule has 17 heavy (non-hydrogen) atoms. The number of nitrogens with zero attached hydrogens (tertiary/aromatic N) is 1. The summed E-state index contributed by atoms with van der Waals surface area (Å²) in [5, 5.41) is 0. The molecule has 0 aromatic rings. The summed E-state index contributed by atoms with van der Waals surface area (Å²) in [7, 11) is 0. The number of carbonyl (C=O) groups excluding carboxylic acids is 1. The van der Waals surface area contributed by atoms with Gasteiger partial charge in [0.25, 0.3) is 0 Å². The van der Waals surface area contributed by atoms with Crippen molar-refractivity contribution in [2.24, 2.45) is 5.73 Å². The lowest BCUT2D eigenvalue weighted by molar-refractivity contribution is -0.144. The molecule has 0 radical (unpaired) electrons.